The predicted molar refractivity (Wildman–Crippen MR) is 156 cm³/mol. The Hall–Kier alpha value is -4.36. The SMILES string of the molecule is CC=C(Nc1ccc(C)c(C#Cc2nn(C3CCN(C)CC3)c3ncnc(N)c23)c1)c1ccc(C)c(C(F)(F)F)c1. The number of anilines is 2. The van der Waals surface area contributed by atoms with Gasteiger partial charge in [0.1, 0.15) is 17.8 Å². The fourth-order valence-corrected chi connectivity index (χ4v) is 5.10. The summed E-state index contributed by atoms with van der Waals surface area (Å²) in [4.78, 5) is 11.0. The number of allylic oxidation sites excluding steroid dienone is 1. The van der Waals surface area contributed by atoms with Crippen molar-refractivity contribution < 1.29 is 13.2 Å². The van der Waals surface area contributed by atoms with Crippen LogP contribution in [0.25, 0.3) is 16.7 Å². The van der Waals surface area contributed by atoms with E-state index in [2.05, 4.69) is 39.1 Å². The minimum Gasteiger partial charge on any atom is -0.383 e. The van der Waals surface area contributed by atoms with Crippen molar-refractivity contribution in [3.05, 3.63) is 82.3 Å². The number of aromatic nitrogens is 4. The maximum absolute atomic E-state index is 13.5. The summed E-state index contributed by atoms with van der Waals surface area (Å²) in [6.07, 6.45) is 0.683. The van der Waals surface area contributed by atoms with E-state index in [1.54, 1.807) is 19.1 Å². The monoisotopic (exact) mass is 559 g/mol. The van der Waals surface area contributed by atoms with Gasteiger partial charge in [-0.25, -0.2) is 14.6 Å². The second-order valence-electron chi connectivity index (χ2n) is 10.4. The molecule has 212 valence electrons. The van der Waals surface area contributed by atoms with Gasteiger partial charge >= 0.3 is 6.18 Å². The minimum atomic E-state index is -4.43. The standard InChI is InChI=1S/C31H32F3N7/c1-5-26(22-8-6-20(3)25(17-22)31(32,33)34)38-23-10-7-19(2)21(16-23)9-11-27-28-29(35)36-18-37-30(28)41(39-27)24-12-14-40(4)15-13-24/h5-8,10,16-18,24,38H,12-15H2,1-4H3,(H2,35,36,37). The topological polar surface area (TPSA) is 84.9 Å². The third-order valence-corrected chi connectivity index (χ3v) is 7.53. The van der Waals surface area contributed by atoms with E-state index in [0.717, 1.165) is 37.1 Å². The van der Waals surface area contributed by atoms with Gasteiger partial charge in [-0.15, -0.1) is 0 Å². The molecule has 0 radical (unpaired) electrons. The lowest BCUT2D eigenvalue weighted by atomic mass is 10.0. The number of halogens is 3. The third-order valence-electron chi connectivity index (χ3n) is 7.53. The van der Waals surface area contributed by atoms with E-state index < -0.39 is 11.7 Å². The number of benzene rings is 2. The van der Waals surface area contributed by atoms with E-state index >= 15 is 0 Å². The van der Waals surface area contributed by atoms with Crippen molar-refractivity contribution in [1.82, 2.24) is 24.6 Å². The molecule has 0 aliphatic carbocycles. The van der Waals surface area contributed by atoms with Crippen molar-refractivity contribution in [3.63, 3.8) is 0 Å². The molecular formula is C31H32F3N7. The lowest BCUT2D eigenvalue weighted by molar-refractivity contribution is -0.138. The first-order chi connectivity index (χ1) is 19.5. The first-order valence-electron chi connectivity index (χ1n) is 13.5. The number of piperidine rings is 1. The molecule has 1 aliphatic heterocycles. The normalized spacial score (nSPS) is 15.1. The number of fused-ring (bicyclic) bond motifs is 1. The number of nitrogens with zero attached hydrogens (tertiary/aromatic N) is 5. The van der Waals surface area contributed by atoms with Crippen LogP contribution in [0.5, 0.6) is 0 Å². The molecule has 3 heterocycles. The highest BCUT2D eigenvalue weighted by atomic mass is 19.4. The fraction of sp³-hybridized carbons (Fsp3) is 0.323. The Bertz CT molecular complexity index is 1680. The van der Waals surface area contributed by atoms with Gasteiger partial charge < -0.3 is 16.0 Å². The number of likely N-dealkylation sites (tertiary alicyclic amines) is 1. The lowest BCUT2D eigenvalue weighted by Crippen LogP contribution is -2.32. The number of nitrogens with two attached hydrogens (primary N) is 1. The van der Waals surface area contributed by atoms with Gasteiger partial charge in [-0.1, -0.05) is 30.2 Å². The Labute approximate surface area is 237 Å². The van der Waals surface area contributed by atoms with Crippen molar-refractivity contribution in [2.24, 2.45) is 0 Å². The van der Waals surface area contributed by atoms with Crippen LogP contribution in [-0.4, -0.2) is 44.8 Å². The molecule has 1 fully saturated rings. The van der Waals surface area contributed by atoms with Crippen LogP contribution in [0.1, 0.15) is 59.3 Å². The lowest BCUT2D eigenvalue weighted by Gasteiger charge is -2.29. The Morgan fingerprint density at radius 2 is 1.78 bits per heavy atom. The molecule has 1 aliphatic rings. The summed E-state index contributed by atoms with van der Waals surface area (Å²) >= 11 is 0. The van der Waals surface area contributed by atoms with Crippen molar-refractivity contribution >= 4 is 28.2 Å². The Morgan fingerprint density at radius 1 is 1.05 bits per heavy atom. The molecule has 0 saturated carbocycles. The number of nitrogen functional groups attached to an aromatic ring is 1. The summed E-state index contributed by atoms with van der Waals surface area (Å²) in [5, 5.41) is 8.73. The van der Waals surface area contributed by atoms with Crippen molar-refractivity contribution in [2.45, 2.75) is 45.8 Å². The molecule has 7 nitrogen and oxygen atoms in total. The summed E-state index contributed by atoms with van der Waals surface area (Å²) in [6.45, 7) is 7.14. The largest absolute Gasteiger partial charge is 0.416 e. The Kier molecular flexibility index (Phi) is 7.74. The van der Waals surface area contributed by atoms with Crippen LogP contribution in [0.4, 0.5) is 24.7 Å². The van der Waals surface area contributed by atoms with Crippen LogP contribution in [-0.2, 0) is 6.18 Å². The predicted octanol–water partition coefficient (Wildman–Crippen LogP) is 6.18. The van der Waals surface area contributed by atoms with E-state index in [0.29, 0.717) is 39.5 Å². The molecule has 1 saturated heterocycles. The third kappa shape index (κ3) is 5.91. The highest BCUT2D eigenvalue weighted by molar-refractivity contribution is 5.90. The molecule has 0 atom stereocenters. The smallest absolute Gasteiger partial charge is 0.383 e. The number of rotatable bonds is 4. The average Bonchev–Trinajstić information content (AvgIpc) is 3.32. The summed E-state index contributed by atoms with van der Waals surface area (Å²) < 4.78 is 42.5. The molecule has 0 amide bonds. The van der Waals surface area contributed by atoms with E-state index in [9.17, 15) is 13.2 Å². The van der Waals surface area contributed by atoms with Crippen LogP contribution in [0, 0.1) is 25.7 Å². The number of nitrogens with one attached hydrogen (secondary N) is 1. The number of hydrogen-bond acceptors (Lipinski definition) is 6. The quantitative estimate of drug-likeness (QED) is 0.291. The molecule has 10 heteroatoms. The van der Waals surface area contributed by atoms with Crippen LogP contribution < -0.4 is 11.1 Å². The van der Waals surface area contributed by atoms with E-state index in [-0.39, 0.29) is 11.6 Å². The summed E-state index contributed by atoms with van der Waals surface area (Å²) in [6, 6.07) is 10.2. The van der Waals surface area contributed by atoms with Crippen molar-refractivity contribution in [2.75, 3.05) is 31.2 Å². The van der Waals surface area contributed by atoms with E-state index in [4.69, 9.17) is 10.8 Å². The van der Waals surface area contributed by atoms with Crippen LogP contribution >= 0.6 is 0 Å². The van der Waals surface area contributed by atoms with Crippen LogP contribution in [0.15, 0.2) is 48.8 Å². The first kappa shape index (κ1) is 28.2. The van der Waals surface area contributed by atoms with Crippen LogP contribution in [0.2, 0.25) is 0 Å². The molecule has 41 heavy (non-hydrogen) atoms. The molecule has 4 aromatic rings. The zero-order valence-corrected chi connectivity index (χ0v) is 23.5. The van der Waals surface area contributed by atoms with Gasteiger partial charge in [0, 0.05) is 16.9 Å². The zero-order chi connectivity index (χ0) is 29.3. The number of hydrogen-bond donors (Lipinski definition) is 2. The number of aryl methyl sites for hydroxylation is 2. The second-order valence-corrected chi connectivity index (χ2v) is 10.4. The summed E-state index contributed by atoms with van der Waals surface area (Å²) in [7, 11) is 2.11. The maximum atomic E-state index is 13.5. The molecule has 0 unspecified atom stereocenters. The molecule has 3 N–H and O–H groups in total. The van der Waals surface area contributed by atoms with Gasteiger partial charge in [-0.05, 0) is 94.6 Å². The Morgan fingerprint density at radius 3 is 2.49 bits per heavy atom. The highest BCUT2D eigenvalue weighted by Gasteiger charge is 2.32. The fourth-order valence-electron chi connectivity index (χ4n) is 5.10. The molecular weight excluding hydrogens is 527 g/mol. The molecule has 2 aromatic heterocycles. The van der Waals surface area contributed by atoms with Gasteiger partial charge in [-0.2, -0.15) is 18.3 Å². The number of alkyl halides is 3. The highest BCUT2D eigenvalue weighted by Crippen LogP contribution is 2.34. The second kappa shape index (κ2) is 11.3. The minimum absolute atomic E-state index is 0.182. The average molecular weight is 560 g/mol. The van der Waals surface area contributed by atoms with Gasteiger partial charge in [-0.3, -0.25) is 0 Å². The van der Waals surface area contributed by atoms with Crippen molar-refractivity contribution in [1.29, 1.82) is 0 Å². The zero-order valence-electron chi connectivity index (χ0n) is 23.5. The summed E-state index contributed by atoms with van der Waals surface area (Å²) in [5.41, 5.74) is 10.4. The molecule has 5 rings (SSSR count). The molecule has 2 aromatic carbocycles. The Balaban J connectivity index is 1.46. The molecule has 0 spiro atoms. The summed E-state index contributed by atoms with van der Waals surface area (Å²) in [5.74, 6) is 6.75. The van der Waals surface area contributed by atoms with Gasteiger partial charge in [0.05, 0.1) is 17.0 Å². The van der Waals surface area contributed by atoms with E-state index in [1.165, 1.54) is 25.4 Å². The first-order valence-corrected chi connectivity index (χ1v) is 13.5. The molecule has 0 bridgehead atoms. The van der Waals surface area contributed by atoms with Crippen molar-refractivity contribution in [3.8, 4) is 11.8 Å². The van der Waals surface area contributed by atoms with Gasteiger partial charge in [0.25, 0.3) is 0 Å². The van der Waals surface area contributed by atoms with E-state index in [1.807, 2.05) is 29.8 Å². The van der Waals surface area contributed by atoms with Gasteiger partial charge in [0.2, 0.25) is 0 Å². The van der Waals surface area contributed by atoms with Gasteiger partial charge in [0.15, 0.2) is 5.65 Å². The van der Waals surface area contributed by atoms with Crippen LogP contribution in [0.3, 0.4) is 0 Å². The maximum Gasteiger partial charge on any atom is 0.416 e.